The minimum atomic E-state index is -0.0953. The summed E-state index contributed by atoms with van der Waals surface area (Å²) in [5, 5.41) is 4.68. The van der Waals surface area contributed by atoms with Gasteiger partial charge in [-0.05, 0) is 46.1 Å². The number of nitrogens with one attached hydrogen (secondary N) is 1. The van der Waals surface area contributed by atoms with Gasteiger partial charge in [0, 0.05) is 16.9 Å². The van der Waals surface area contributed by atoms with Crippen LogP contribution < -0.4 is 5.32 Å². The van der Waals surface area contributed by atoms with Crippen LogP contribution in [0.4, 0.5) is 5.69 Å². The lowest BCUT2D eigenvalue weighted by atomic mass is 10.1. The SMILES string of the molecule is O=C(Nc1ccc(CCCl)cc1)c1csc(Br)c1. The first-order chi connectivity index (χ1) is 8.69. The molecule has 0 aliphatic rings. The summed E-state index contributed by atoms with van der Waals surface area (Å²) < 4.78 is 0.949. The molecule has 1 aromatic carbocycles. The number of carbonyl (C=O) groups excluding carboxylic acids is 1. The molecular formula is C13H11BrClNOS. The van der Waals surface area contributed by atoms with Gasteiger partial charge in [-0.2, -0.15) is 0 Å². The number of hydrogen-bond donors (Lipinski definition) is 1. The van der Waals surface area contributed by atoms with Gasteiger partial charge in [0.25, 0.3) is 5.91 Å². The van der Waals surface area contributed by atoms with Gasteiger partial charge in [-0.3, -0.25) is 4.79 Å². The molecule has 1 aromatic heterocycles. The Morgan fingerprint density at radius 3 is 2.61 bits per heavy atom. The van der Waals surface area contributed by atoms with Crippen molar-refractivity contribution in [3.05, 3.63) is 50.6 Å². The van der Waals surface area contributed by atoms with E-state index in [1.54, 1.807) is 0 Å². The molecule has 2 nitrogen and oxygen atoms in total. The highest BCUT2D eigenvalue weighted by Crippen LogP contribution is 2.21. The van der Waals surface area contributed by atoms with Crippen LogP contribution in [0.1, 0.15) is 15.9 Å². The molecule has 1 N–H and O–H groups in total. The minimum absolute atomic E-state index is 0.0953. The fourth-order valence-electron chi connectivity index (χ4n) is 1.50. The first kappa shape index (κ1) is 13.6. The van der Waals surface area contributed by atoms with Gasteiger partial charge in [0.2, 0.25) is 0 Å². The second kappa shape index (κ2) is 6.36. The van der Waals surface area contributed by atoms with E-state index >= 15 is 0 Å². The predicted octanol–water partition coefficient (Wildman–Crippen LogP) is 4.54. The van der Waals surface area contributed by atoms with Gasteiger partial charge < -0.3 is 5.32 Å². The molecule has 5 heteroatoms. The highest BCUT2D eigenvalue weighted by atomic mass is 79.9. The monoisotopic (exact) mass is 343 g/mol. The largest absolute Gasteiger partial charge is 0.322 e. The number of alkyl halides is 1. The van der Waals surface area contributed by atoms with Crippen LogP contribution in [0.3, 0.4) is 0 Å². The maximum absolute atomic E-state index is 11.9. The number of halogens is 2. The molecular weight excluding hydrogens is 334 g/mol. The number of benzene rings is 1. The van der Waals surface area contributed by atoms with Crippen LogP contribution in [-0.2, 0) is 6.42 Å². The summed E-state index contributed by atoms with van der Waals surface area (Å²) in [4.78, 5) is 11.9. The van der Waals surface area contributed by atoms with Crippen molar-refractivity contribution in [1.82, 2.24) is 0 Å². The smallest absolute Gasteiger partial charge is 0.256 e. The zero-order valence-electron chi connectivity index (χ0n) is 9.45. The Kier molecular flexibility index (Phi) is 4.80. The number of carbonyl (C=O) groups is 1. The Bertz CT molecular complexity index is 538. The van der Waals surface area contributed by atoms with Crippen molar-refractivity contribution in [2.45, 2.75) is 6.42 Å². The lowest BCUT2D eigenvalue weighted by Crippen LogP contribution is -2.10. The molecule has 0 saturated heterocycles. The summed E-state index contributed by atoms with van der Waals surface area (Å²) in [5.41, 5.74) is 2.62. The van der Waals surface area contributed by atoms with Crippen molar-refractivity contribution in [3.8, 4) is 0 Å². The molecule has 0 radical (unpaired) electrons. The first-order valence-electron chi connectivity index (χ1n) is 5.39. The molecule has 18 heavy (non-hydrogen) atoms. The van der Waals surface area contributed by atoms with Gasteiger partial charge >= 0.3 is 0 Å². The number of thiophene rings is 1. The van der Waals surface area contributed by atoms with Crippen molar-refractivity contribution < 1.29 is 4.79 Å². The van der Waals surface area contributed by atoms with Crippen molar-refractivity contribution >= 4 is 50.5 Å². The average Bonchev–Trinajstić information content (AvgIpc) is 2.79. The first-order valence-corrected chi connectivity index (χ1v) is 7.60. The van der Waals surface area contributed by atoms with Crippen molar-refractivity contribution in [2.24, 2.45) is 0 Å². The summed E-state index contributed by atoms with van der Waals surface area (Å²) in [6.07, 6.45) is 0.841. The van der Waals surface area contributed by atoms with E-state index in [9.17, 15) is 4.79 Å². The van der Waals surface area contributed by atoms with Gasteiger partial charge in [0.1, 0.15) is 0 Å². The van der Waals surface area contributed by atoms with Gasteiger partial charge in [-0.1, -0.05) is 12.1 Å². The Morgan fingerprint density at radius 2 is 2.06 bits per heavy atom. The minimum Gasteiger partial charge on any atom is -0.322 e. The summed E-state index contributed by atoms with van der Waals surface area (Å²) in [6, 6.07) is 9.54. The second-order valence-electron chi connectivity index (χ2n) is 3.73. The molecule has 2 rings (SSSR count). The molecule has 0 saturated carbocycles. The maximum atomic E-state index is 11.9. The Balaban J connectivity index is 2.03. The zero-order chi connectivity index (χ0) is 13.0. The molecule has 0 spiro atoms. The summed E-state index contributed by atoms with van der Waals surface area (Å²) in [5.74, 6) is 0.510. The van der Waals surface area contributed by atoms with E-state index in [1.165, 1.54) is 16.9 Å². The molecule has 2 aromatic rings. The fourth-order valence-corrected chi connectivity index (χ4v) is 2.85. The van der Waals surface area contributed by atoms with Crippen molar-refractivity contribution in [3.63, 3.8) is 0 Å². The van der Waals surface area contributed by atoms with Gasteiger partial charge in [0.05, 0.1) is 9.35 Å². The molecule has 0 unspecified atom stereocenters. The number of aryl methyl sites for hydroxylation is 1. The fraction of sp³-hybridized carbons (Fsp3) is 0.154. The quantitative estimate of drug-likeness (QED) is 0.810. The van der Waals surface area contributed by atoms with Crippen LogP contribution in [-0.4, -0.2) is 11.8 Å². The standard InChI is InChI=1S/C13H11BrClNOS/c14-12-7-10(8-18-12)13(17)16-11-3-1-9(2-4-11)5-6-15/h1-4,7-8H,5-6H2,(H,16,17). The van der Waals surface area contributed by atoms with E-state index in [4.69, 9.17) is 11.6 Å². The van der Waals surface area contributed by atoms with Gasteiger partial charge in [-0.15, -0.1) is 22.9 Å². The number of anilines is 1. The van der Waals surface area contributed by atoms with E-state index in [2.05, 4.69) is 21.2 Å². The second-order valence-corrected chi connectivity index (χ2v) is 6.40. The third-order valence-electron chi connectivity index (χ3n) is 2.42. The van der Waals surface area contributed by atoms with E-state index in [0.29, 0.717) is 11.4 Å². The average molecular weight is 345 g/mol. The molecule has 94 valence electrons. The van der Waals surface area contributed by atoms with E-state index in [1.807, 2.05) is 35.7 Å². The Morgan fingerprint density at radius 1 is 1.33 bits per heavy atom. The van der Waals surface area contributed by atoms with Crippen LogP contribution in [0.25, 0.3) is 0 Å². The molecule has 1 heterocycles. The summed E-state index contributed by atoms with van der Waals surface area (Å²) in [6.45, 7) is 0. The molecule has 1 amide bonds. The molecule has 0 atom stereocenters. The third kappa shape index (κ3) is 3.57. The zero-order valence-corrected chi connectivity index (χ0v) is 12.6. The summed E-state index contributed by atoms with van der Waals surface area (Å²) >= 11 is 10.5. The van der Waals surface area contributed by atoms with Gasteiger partial charge in [0.15, 0.2) is 0 Å². The van der Waals surface area contributed by atoms with Crippen LogP contribution in [0.15, 0.2) is 39.5 Å². The lowest BCUT2D eigenvalue weighted by molar-refractivity contribution is 0.102. The molecule has 0 aliphatic heterocycles. The normalized spacial score (nSPS) is 10.3. The predicted molar refractivity (Wildman–Crippen MR) is 80.8 cm³/mol. The lowest BCUT2D eigenvalue weighted by Gasteiger charge is -2.04. The van der Waals surface area contributed by atoms with Crippen molar-refractivity contribution in [2.75, 3.05) is 11.2 Å². The third-order valence-corrected chi connectivity index (χ3v) is 4.12. The molecule has 0 fully saturated rings. The van der Waals surface area contributed by atoms with Crippen LogP contribution in [0.5, 0.6) is 0 Å². The van der Waals surface area contributed by atoms with E-state index in [0.717, 1.165) is 15.9 Å². The maximum Gasteiger partial charge on any atom is 0.256 e. The summed E-state index contributed by atoms with van der Waals surface area (Å²) in [7, 11) is 0. The van der Waals surface area contributed by atoms with Crippen LogP contribution in [0, 0.1) is 0 Å². The van der Waals surface area contributed by atoms with Crippen LogP contribution >= 0.6 is 38.9 Å². The molecule has 0 aliphatic carbocycles. The van der Waals surface area contributed by atoms with Crippen LogP contribution in [0.2, 0.25) is 0 Å². The topological polar surface area (TPSA) is 29.1 Å². The van der Waals surface area contributed by atoms with E-state index in [-0.39, 0.29) is 5.91 Å². The number of amides is 1. The highest BCUT2D eigenvalue weighted by molar-refractivity contribution is 9.11. The van der Waals surface area contributed by atoms with Crippen molar-refractivity contribution in [1.29, 1.82) is 0 Å². The van der Waals surface area contributed by atoms with E-state index < -0.39 is 0 Å². The number of rotatable bonds is 4. The number of hydrogen-bond acceptors (Lipinski definition) is 2. The molecule has 0 bridgehead atoms. The van der Waals surface area contributed by atoms with Gasteiger partial charge in [-0.25, -0.2) is 0 Å². The Hall–Kier alpha value is -0.840. The highest BCUT2D eigenvalue weighted by Gasteiger charge is 2.07. The Labute approximate surface area is 123 Å².